The van der Waals surface area contributed by atoms with Crippen molar-refractivity contribution >= 4 is 29.2 Å². The number of fused-ring (bicyclic) bond motifs is 4. The van der Waals surface area contributed by atoms with Crippen molar-refractivity contribution in [2.75, 3.05) is 11.9 Å². The summed E-state index contributed by atoms with van der Waals surface area (Å²) < 4.78 is 7.66. The fraction of sp³-hybridized carbons (Fsp3) is 0.292. The first-order chi connectivity index (χ1) is 15.3. The Morgan fingerprint density at radius 1 is 1.09 bits per heavy atom. The van der Waals surface area contributed by atoms with Crippen molar-refractivity contribution in [1.82, 2.24) is 20.1 Å². The zero-order valence-electron chi connectivity index (χ0n) is 18.5. The number of nitrogens with one attached hydrogen (secondary N) is 3. The molecule has 32 heavy (non-hydrogen) atoms. The number of hydrogen-bond acceptors (Lipinski definition) is 4. The molecule has 2 amide bonds. The van der Waals surface area contributed by atoms with E-state index in [2.05, 4.69) is 26.8 Å². The fourth-order valence-electron chi connectivity index (χ4n) is 4.38. The molecule has 1 atom stereocenters. The van der Waals surface area contributed by atoms with Crippen LogP contribution in [0.3, 0.4) is 0 Å². The Morgan fingerprint density at radius 2 is 1.91 bits per heavy atom. The number of aromatic amines is 1. The number of nitrogens with zero attached hydrogens (tertiary/aromatic N) is 2. The fourth-order valence-corrected chi connectivity index (χ4v) is 4.38. The Labute approximate surface area is 185 Å². The molecule has 8 heteroatoms. The Hall–Kier alpha value is -3.65. The van der Waals surface area contributed by atoms with Crippen LogP contribution >= 0.6 is 0 Å². The summed E-state index contributed by atoms with van der Waals surface area (Å²) in [7, 11) is 1.87. The smallest absolute Gasteiger partial charge is 0.256 e. The summed E-state index contributed by atoms with van der Waals surface area (Å²) in [5, 5.41) is 10.5. The van der Waals surface area contributed by atoms with E-state index in [0.29, 0.717) is 30.0 Å². The van der Waals surface area contributed by atoms with Gasteiger partial charge in [0.05, 0.1) is 41.4 Å². The zero-order valence-corrected chi connectivity index (χ0v) is 18.5. The van der Waals surface area contributed by atoms with Crippen LogP contribution in [0, 0.1) is 13.8 Å². The highest BCUT2D eigenvalue weighted by Gasteiger charge is 2.28. The molecule has 2 bridgehead atoms. The quantitative estimate of drug-likeness (QED) is 0.509. The maximum absolute atomic E-state index is 13.0. The molecule has 0 spiro atoms. The van der Waals surface area contributed by atoms with Gasteiger partial charge in [0, 0.05) is 36.1 Å². The van der Waals surface area contributed by atoms with Gasteiger partial charge in [0.15, 0.2) is 0 Å². The number of aryl methyl sites for hydroxylation is 3. The van der Waals surface area contributed by atoms with Crippen LogP contribution in [-0.2, 0) is 23.2 Å². The number of carbonyl (C=O) groups is 2. The average molecular weight is 431 g/mol. The SMILES string of the molecule is Cc1cc2c([nH]1)/C=C1\C(=O)Nc3c(C)cc(cc31)-c1cn(C)nc1COC[C@@H](C)NC2=O. The van der Waals surface area contributed by atoms with Gasteiger partial charge in [0.1, 0.15) is 0 Å². The van der Waals surface area contributed by atoms with Crippen molar-refractivity contribution in [3.05, 3.63) is 58.2 Å². The number of benzene rings is 1. The van der Waals surface area contributed by atoms with E-state index in [1.165, 1.54) is 0 Å². The third-order valence-corrected chi connectivity index (χ3v) is 5.83. The largest absolute Gasteiger partial charge is 0.373 e. The third-order valence-electron chi connectivity index (χ3n) is 5.83. The van der Waals surface area contributed by atoms with Crippen molar-refractivity contribution in [3.63, 3.8) is 0 Å². The lowest BCUT2D eigenvalue weighted by atomic mass is 9.96. The molecule has 0 aliphatic carbocycles. The first kappa shape index (κ1) is 20.3. The number of ether oxygens (including phenoxy) is 1. The first-order valence-corrected chi connectivity index (χ1v) is 10.6. The van der Waals surface area contributed by atoms with Gasteiger partial charge in [-0.2, -0.15) is 5.10 Å². The van der Waals surface area contributed by atoms with E-state index in [4.69, 9.17) is 4.74 Å². The summed E-state index contributed by atoms with van der Waals surface area (Å²) in [6.07, 6.45) is 3.72. The maximum Gasteiger partial charge on any atom is 0.256 e. The van der Waals surface area contributed by atoms with Gasteiger partial charge >= 0.3 is 0 Å². The number of aromatic nitrogens is 3. The van der Waals surface area contributed by atoms with Crippen molar-refractivity contribution in [2.45, 2.75) is 33.4 Å². The van der Waals surface area contributed by atoms with Gasteiger partial charge in [0.25, 0.3) is 11.8 Å². The normalized spacial score (nSPS) is 19.8. The van der Waals surface area contributed by atoms with Crippen LogP contribution in [0.2, 0.25) is 0 Å². The monoisotopic (exact) mass is 431 g/mol. The molecule has 3 aromatic rings. The molecular weight excluding hydrogens is 406 g/mol. The summed E-state index contributed by atoms with van der Waals surface area (Å²) in [6.45, 7) is 6.44. The lowest BCUT2D eigenvalue weighted by molar-refractivity contribution is -0.110. The van der Waals surface area contributed by atoms with E-state index in [9.17, 15) is 9.59 Å². The molecule has 4 heterocycles. The van der Waals surface area contributed by atoms with Gasteiger partial charge in [-0.15, -0.1) is 0 Å². The minimum atomic E-state index is -0.214. The number of anilines is 1. The van der Waals surface area contributed by atoms with Gasteiger partial charge in [-0.1, -0.05) is 0 Å². The summed E-state index contributed by atoms with van der Waals surface area (Å²) >= 11 is 0. The molecule has 0 radical (unpaired) electrons. The molecule has 0 saturated heterocycles. The lowest BCUT2D eigenvalue weighted by Crippen LogP contribution is -2.36. The number of rotatable bonds is 0. The van der Waals surface area contributed by atoms with Crippen LogP contribution < -0.4 is 10.6 Å². The Morgan fingerprint density at radius 3 is 2.72 bits per heavy atom. The summed E-state index contributed by atoms with van der Waals surface area (Å²) in [5.74, 6) is -0.402. The van der Waals surface area contributed by atoms with E-state index in [1.807, 2.05) is 40.1 Å². The minimum absolute atomic E-state index is 0.189. The van der Waals surface area contributed by atoms with Crippen LogP contribution in [0.5, 0.6) is 0 Å². The van der Waals surface area contributed by atoms with Gasteiger partial charge in [-0.25, -0.2) is 0 Å². The van der Waals surface area contributed by atoms with E-state index in [1.54, 1.807) is 16.8 Å². The third kappa shape index (κ3) is 3.42. The van der Waals surface area contributed by atoms with E-state index < -0.39 is 0 Å². The second-order valence-electron chi connectivity index (χ2n) is 8.56. The van der Waals surface area contributed by atoms with Crippen LogP contribution in [0.1, 0.15) is 45.5 Å². The topological polar surface area (TPSA) is 101 Å². The molecule has 0 saturated carbocycles. The summed E-state index contributed by atoms with van der Waals surface area (Å²) in [4.78, 5) is 29.1. The van der Waals surface area contributed by atoms with E-state index in [0.717, 1.165) is 39.3 Å². The van der Waals surface area contributed by atoms with Crippen LogP contribution in [0.25, 0.3) is 22.8 Å². The highest BCUT2D eigenvalue weighted by Crippen LogP contribution is 2.39. The number of H-pyrrole nitrogens is 1. The molecule has 2 aliphatic rings. The second kappa shape index (κ2) is 7.49. The van der Waals surface area contributed by atoms with Gasteiger partial charge in [-0.3, -0.25) is 14.3 Å². The maximum atomic E-state index is 13.0. The molecule has 0 unspecified atom stereocenters. The van der Waals surface area contributed by atoms with Crippen LogP contribution in [0.4, 0.5) is 5.69 Å². The van der Waals surface area contributed by atoms with Gasteiger partial charge < -0.3 is 20.4 Å². The Bertz CT molecular complexity index is 1300. The predicted molar refractivity (Wildman–Crippen MR) is 122 cm³/mol. The summed E-state index contributed by atoms with van der Waals surface area (Å²) in [5.41, 5.74) is 7.76. The molecule has 0 fully saturated rings. The molecule has 2 aromatic heterocycles. The molecule has 3 N–H and O–H groups in total. The Balaban J connectivity index is 1.73. The Kier molecular flexibility index (Phi) is 4.74. The molecule has 1 aromatic carbocycles. The second-order valence-corrected chi connectivity index (χ2v) is 8.56. The first-order valence-electron chi connectivity index (χ1n) is 10.6. The van der Waals surface area contributed by atoms with Crippen molar-refractivity contribution in [1.29, 1.82) is 0 Å². The minimum Gasteiger partial charge on any atom is -0.373 e. The zero-order chi connectivity index (χ0) is 22.6. The molecule has 5 rings (SSSR count). The van der Waals surface area contributed by atoms with Crippen LogP contribution in [0.15, 0.2) is 24.4 Å². The van der Waals surface area contributed by atoms with Gasteiger partial charge in [-0.05, 0) is 56.2 Å². The number of amides is 2. The van der Waals surface area contributed by atoms with Crippen molar-refractivity contribution in [3.8, 4) is 11.1 Å². The molecular formula is C24H25N5O3. The number of hydrogen-bond donors (Lipinski definition) is 3. The highest BCUT2D eigenvalue weighted by atomic mass is 16.5. The summed E-state index contributed by atoms with van der Waals surface area (Å²) in [6, 6.07) is 5.66. The van der Waals surface area contributed by atoms with E-state index in [-0.39, 0.29) is 17.9 Å². The molecule has 8 nitrogen and oxygen atoms in total. The van der Waals surface area contributed by atoms with Crippen LogP contribution in [-0.4, -0.2) is 39.2 Å². The van der Waals surface area contributed by atoms with Crippen molar-refractivity contribution in [2.24, 2.45) is 7.05 Å². The number of carbonyl (C=O) groups excluding carboxylic acids is 2. The molecule has 164 valence electrons. The van der Waals surface area contributed by atoms with Crippen molar-refractivity contribution < 1.29 is 14.3 Å². The average Bonchev–Trinajstić information content (AvgIpc) is 3.37. The lowest BCUT2D eigenvalue weighted by Gasteiger charge is -2.14. The predicted octanol–water partition coefficient (Wildman–Crippen LogP) is 3.17. The molecule has 2 aliphatic heterocycles. The van der Waals surface area contributed by atoms with Gasteiger partial charge in [0.2, 0.25) is 0 Å². The van der Waals surface area contributed by atoms with E-state index >= 15 is 0 Å². The highest BCUT2D eigenvalue weighted by molar-refractivity contribution is 6.35. The standard InChI is InChI=1S/C24H25N5O3/c1-12-5-15-7-16-17(23(30)27-22(12)16)8-20-18(6-13(2)25-20)24(31)26-14(3)10-32-11-21-19(15)9-29(4)28-21/h5-9,14,25H,10-11H2,1-4H3,(H,26,31)(H,27,30)/b17-8-/t14-/m1/s1.